The smallest absolute Gasteiger partial charge is 0.123 e. The van der Waals surface area contributed by atoms with Gasteiger partial charge in [0.2, 0.25) is 0 Å². The molecule has 0 radical (unpaired) electrons. The third-order valence-electron chi connectivity index (χ3n) is 6.63. The molecule has 1 N–H and O–H groups in total. The molecular weight excluding hydrogens is 377 g/mol. The highest BCUT2D eigenvalue weighted by atomic mass is 19.1. The normalized spacial score (nSPS) is 21.8. The summed E-state index contributed by atoms with van der Waals surface area (Å²) in [4.78, 5) is 10.2. The molecule has 30 heavy (non-hydrogen) atoms. The Labute approximate surface area is 176 Å². The zero-order valence-electron chi connectivity index (χ0n) is 17.4. The van der Waals surface area contributed by atoms with Crippen LogP contribution in [-0.2, 0) is 4.74 Å². The fourth-order valence-electron chi connectivity index (χ4n) is 5.05. The number of hydrogen-bond donors (Lipinski definition) is 1. The van der Waals surface area contributed by atoms with Gasteiger partial charge in [-0.1, -0.05) is 5.57 Å². The molecule has 0 spiro atoms. The fraction of sp³-hybridized carbons (Fsp3) is 0.320. The molecule has 5 heteroatoms. The van der Waals surface area contributed by atoms with E-state index in [1.807, 2.05) is 43.8 Å². The molecule has 1 saturated heterocycles. The van der Waals surface area contributed by atoms with Gasteiger partial charge in [-0.15, -0.1) is 0 Å². The van der Waals surface area contributed by atoms with Crippen LogP contribution in [0.1, 0.15) is 25.3 Å². The summed E-state index contributed by atoms with van der Waals surface area (Å²) in [5, 5.41) is 0. The van der Waals surface area contributed by atoms with Crippen molar-refractivity contribution in [3.8, 4) is 22.4 Å². The summed E-state index contributed by atoms with van der Waals surface area (Å²) in [6.45, 7) is 4.33. The Morgan fingerprint density at radius 2 is 1.87 bits per heavy atom. The van der Waals surface area contributed by atoms with Crippen LogP contribution in [0.4, 0.5) is 4.39 Å². The van der Waals surface area contributed by atoms with E-state index in [0.717, 1.165) is 48.3 Å². The molecule has 2 aromatic heterocycles. The third-order valence-corrected chi connectivity index (χ3v) is 6.63. The van der Waals surface area contributed by atoms with Crippen LogP contribution in [0.2, 0.25) is 0 Å². The minimum absolute atomic E-state index is 0.226. The number of ether oxygens (including phenoxy) is 1. The number of H-pyrrole nitrogens is 1. The number of halogens is 1. The Hall–Kier alpha value is -2.76. The van der Waals surface area contributed by atoms with E-state index in [1.165, 1.54) is 28.8 Å². The van der Waals surface area contributed by atoms with Gasteiger partial charge in [-0.05, 0) is 72.9 Å². The molecule has 1 aromatic carbocycles. The van der Waals surface area contributed by atoms with Gasteiger partial charge in [0.15, 0.2) is 0 Å². The van der Waals surface area contributed by atoms with E-state index in [9.17, 15) is 4.39 Å². The van der Waals surface area contributed by atoms with Crippen molar-refractivity contribution in [3.05, 3.63) is 71.9 Å². The van der Waals surface area contributed by atoms with Crippen LogP contribution in [0.5, 0.6) is 0 Å². The van der Waals surface area contributed by atoms with Gasteiger partial charge in [-0.2, -0.15) is 0 Å². The van der Waals surface area contributed by atoms with Crippen LogP contribution >= 0.6 is 0 Å². The van der Waals surface area contributed by atoms with Crippen molar-refractivity contribution in [2.45, 2.75) is 31.9 Å². The largest absolute Gasteiger partial charge is 0.380 e. The maximum atomic E-state index is 13.5. The standard InChI is InChI=1S/C25H26FN3O/c1-16-21(9-12-29-15-20(30-2)13-23(16)29)22-14-28-25(18-3-5-19(26)6-4-18)24(22)17-7-10-27-11-8-17/h3-8,10-11,14,20,23,28H,9,12-13,15H2,1-2H3. The summed E-state index contributed by atoms with van der Waals surface area (Å²) >= 11 is 0. The first-order valence-corrected chi connectivity index (χ1v) is 10.5. The zero-order valence-corrected chi connectivity index (χ0v) is 17.4. The molecule has 0 aliphatic carbocycles. The van der Waals surface area contributed by atoms with E-state index in [2.05, 4.69) is 28.0 Å². The first-order valence-electron chi connectivity index (χ1n) is 10.5. The quantitative estimate of drug-likeness (QED) is 0.655. The monoisotopic (exact) mass is 403 g/mol. The van der Waals surface area contributed by atoms with Crippen LogP contribution < -0.4 is 0 Å². The number of benzene rings is 1. The molecule has 4 nitrogen and oxygen atoms in total. The molecule has 2 aliphatic rings. The molecule has 0 bridgehead atoms. The Balaban J connectivity index is 1.64. The average molecular weight is 404 g/mol. The second kappa shape index (κ2) is 7.82. The molecule has 2 unspecified atom stereocenters. The first-order chi connectivity index (χ1) is 14.7. The number of methoxy groups -OCH3 is 1. The minimum Gasteiger partial charge on any atom is -0.380 e. The predicted molar refractivity (Wildman–Crippen MR) is 117 cm³/mol. The number of rotatable bonds is 4. The van der Waals surface area contributed by atoms with E-state index in [4.69, 9.17) is 4.74 Å². The number of nitrogens with one attached hydrogen (secondary N) is 1. The summed E-state index contributed by atoms with van der Waals surface area (Å²) in [5.74, 6) is -0.226. The number of fused-ring (bicyclic) bond motifs is 1. The lowest BCUT2D eigenvalue weighted by Gasteiger charge is -2.32. The fourth-order valence-corrected chi connectivity index (χ4v) is 5.05. The zero-order chi connectivity index (χ0) is 20.7. The molecule has 0 saturated carbocycles. The number of aromatic nitrogens is 2. The van der Waals surface area contributed by atoms with Crippen molar-refractivity contribution < 1.29 is 9.13 Å². The molecule has 5 rings (SSSR count). The number of aromatic amines is 1. The van der Waals surface area contributed by atoms with Gasteiger partial charge in [0.1, 0.15) is 5.82 Å². The third kappa shape index (κ3) is 3.28. The molecule has 4 heterocycles. The van der Waals surface area contributed by atoms with E-state index in [1.54, 1.807) is 0 Å². The van der Waals surface area contributed by atoms with Gasteiger partial charge in [-0.3, -0.25) is 9.88 Å². The van der Waals surface area contributed by atoms with E-state index in [0.29, 0.717) is 12.1 Å². The van der Waals surface area contributed by atoms with Crippen LogP contribution in [0.25, 0.3) is 28.0 Å². The SMILES string of the molecule is COC1CC2C(C)=C(c3c[nH]c(-c4ccc(F)cc4)c3-c3ccncc3)CCN2C1. The number of nitrogens with zero attached hydrogens (tertiary/aromatic N) is 2. The summed E-state index contributed by atoms with van der Waals surface area (Å²) < 4.78 is 19.2. The first kappa shape index (κ1) is 19.2. The summed E-state index contributed by atoms with van der Waals surface area (Å²) in [6, 6.07) is 11.2. The molecule has 2 atom stereocenters. The lowest BCUT2D eigenvalue weighted by molar-refractivity contribution is 0.108. The van der Waals surface area contributed by atoms with E-state index in [-0.39, 0.29) is 5.82 Å². The molecule has 154 valence electrons. The van der Waals surface area contributed by atoms with Crippen LogP contribution in [0.15, 0.2) is 60.6 Å². The van der Waals surface area contributed by atoms with Crippen molar-refractivity contribution in [1.82, 2.24) is 14.9 Å². The van der Waals surface area contributed by atoms with E-state index < -0.39 is 0 Å². The van der Waals surface area contributed by atoms with Gasteiger partial charge in [-0.25, -0.2) is 4.39 Å². The molecular formula is C25H26FN3O. The topological polar surface area (TPSA) is 41.1 Å². The highest BCUT2D eigenvalue weighted by molar-refractivity contribution is 5.92. The molecule has 0 amide bonds. The summed E-state index contributed by atoms with van der Waals surface area (Å²) in [5.41, 5.74) is 8.34. The Bertz CT molecular complexity index is 1070. The van der Waals surface area contributed by atoms with Crippen molar-refractivity contribution >= 4 is 5.57 Å². The Morgan fingerprint density at radius 1 is 1.10 bits per heavy atom. The van der Waals surface area contributed by atoms with Gasteiger partial charge in [0.25, 0.3) is 0 Å². The second-order valence-electron chi connectivity index (χ2n) is 8.21. The molecule has 2 aliphatic heterocycles. The maximum Gasteiger partial charge on any atom is 0.123 e. The lowest BCUT2D eigenvalue weighted by atomic mass is 9.86. The van der Waals surface area contributed by atoms with Gasteiger partial charge >= 0.3 is 0 Å². The Kier molecular flexibility index (Phi) is 5.01. The summed E-state index contributed by atoms with van der Waals surface area (Å²) in [6.07, 6.45) is 8.13. The molecule has 3 aromatic rings. The Morgan fingerprint density at radius 3 is 2.60 bits per heavy atom. The number of pyridine rings is 1. The highest BCUT2D eigenvalue weighted by Crippen LogP contribution is 2.43. The van der Waals surface area contributed by atoms with Crippen molar-refractivity contribution in [3.63, 3.8) is 0 Å². The minimum atomic E-state index is -0.226. The van der Waals surface area contributed by atoms with Crippen LogP contribution in [0, 0.1) is 5.82 Å². The van der Waals surface area contributed by atoms with Gasteiger partial charge in [0.05, 0.1) is 11.8 Å². The second-order valence-corrected chi connectivity index (χ2v) is 8.21. The van der Waals surface area contributed by atoms with Crippen molar-refractivity contribution in [2.24, 2.45) is 0 Å². The van der Waals surface area contributed by atoms with Crippen molar-refractivity contribution in [2.75, 3.05) is 20.2 Å². The average Bonchev–Trinajstić information content (AvgIpc) is 3.40. The lowest BCUT2D eigenvalue weighted by Crippen LogP contribution is -2.35. The van der Waals surface area contributed by atoms with Crippen molar-refractivity contribution in [1.29, 1.82) is 0 Å². The number of hydrogen-bond acceptors (Lipinski definition) is 3. The molecule has 1 fully saturated rings. The van der Waals surface area contributed by atoms with E-state index >= 15 is 0 Å². The van der Waals surface area contributed by atoms with Gasteiger partial charge in [0, 0.05) is 56.0 Å². The van der Waals surface area contributed by atoms with Crippen LogP contribution in [0.3, 0.4) is 0 Å². The van der Waals surface area contributed by atoms with Crippen LogP contribution in [-0.4, -0.2) is 47.2 Å². The predicted octanol–water partition coefficient (Wildman–Crippen LogP) is 5.15. The summed E-state index contributed by atoms with van der Waals surface area (Å²) in [7, 11) is 1.81. The van der Waals surface area contributed by atoms with Gasteiger partial charge < -0.3 is 9.72 Å². The maximum absolute atomic E-state index is 13.5. The highest BCUT2D eigenvalue weighted by Gasteiger charge is 2.37.